The Morgan fingerprint density at radius 1 is 0.132 bits per heavy atom. The minimum atomic E-state index is -0.124. The van der Waals surface area contributed by atoms with Crippen molar-refractivity contribution in [3.05, 3.63) is 0 Å². The molecule has 0 amide bonds. The van der Waals surface area contributed by atoms with Crippen LogP contribution in [0.15, 0.2) is 0 Å². The van der Waals surface area contributed by atoms with E-state index in [9.17, 15) is 0 Å². The fourth-order valence-corrected chi connectivity index (χ4v) is 526. The van der Waals surface area contributed by atoms with Crippen molar-refractivity contribution in [2.75, 3.05) is 0 Å². The molecule has 0 saturated heterocycles. The van der Waals surface area contributed by atoms with Crippen molar-refractivity contribution in [3.8, 4) is 0 Å². The van der Waals surface area contributed by atoms with Gasteiger partial charge in [-0.15, -0.1) is 179 Å². The molecule has 0 aliphatic carbocycles. The van der Waals surface area contributed by atoms with Crippen LogP contribution in [0.3, 0.4) is 0 Å². The molecule has 20 atom stereocenters. The fourth-order valence-electron chi connectivity index (χ4n) is 2.16. The summed E-state index contributed by atoms with van der Waals surface area (Å²) < 4.78 is 0. The summed E-state index contributed by atoms with van der Waals surface area (Å²) in [6, 6.07) is 0. The van der Waals surface area contributed by atoms with E-state index in [-0.39, 0.29) is 126 Å². The van der Waals surface area contributed by atoms with E-state index in [1.54, 1.807) is 0 Å². The zero-order chi connectivity index (χ0) is 30.4. The Balaban J connectivity index is 8.12. The van der Waals surface area contributed by atoms with Crippen LogP contribution in [0.1, 0.15) is 0 Å². The van der Waals surface area contributed by atoms with Crippen molar-refractivity contribution < 1.29 is 0 Å². The van der Waals surface area contributed by atoms with Gasteiger partial charge in [0.25, 0.3) is 0 Å². The molecule has 0 saturated carbocycles. The molecule has 20 unspecified atom stereocenters. The number of hydrogen-bond donors (Lipinski definition) is 0. The molecule has 230 valence electrons. The van der Waals surface area contributed by atoms with E-state index in [2.05, 4.69) is 179 Å². The van der Waals surface area contributed by atoms with E-state index < -0.39 is 0 Å². The second-order valence-corrected chi connectivity index (χ2v) is 161. The van der Waals surface area contributed by atoms with Gasteiger partial charge in [0.1, 0.15) is 0 Å². The smallest absolute Gasteiger partial charge is 0.000179 e. The molecule has 38 heteroatoms. The third-order valence-electron chi connectivity index (χ3n) is 3.19. The Morgan fingerprint density at radius 3 is 0.289 bits per heavy atom. The average molecular weight is 1220 g/mol. The second kappa shape index (κ2) is 29.5. The maximum atomic E-state index is 3.39. The first-order valence-corrected chi connectivity index (χ1v) is 77.1. The minimum absolute atomic E-state index is 0.0326. The SMILES string of the molecule is PP(P)P(P(P)P)P(P(P(P)P)P(P)P)P(P(P(P)P)P(P)P)P(P(P(P)P)P(P)P)P(P(P)P)P(P)P. The van der Waals surface area contributed by atoms with Gasteiger partial charge >= 0.3 is 0 Å². The highest BCUT2D eigenvalue weighted by Crippen LogP contribution is 3.42. The minimum Gasteiger partial charge on any atom is -0.102 e. The molecule has 0 rings (SSSR count). The van der Waals surface area contributed by atoms with Crippen molar-refractivity contribution in [2.45, 2.75) is 0 Å². The molecule has 0 aliphatic heterocycles. The van der Waals surface area contributed by atoms with Crippen LogP contribution in [0.4, 0.5) is 0 Å². The van der Waals surface area contributed by atoms with Gasteiger partial charge in [-0.25, -0.2) is 0 Å². The van der Waals surface area contributed by atoms with Gasteiger partial charge in [-0.3, -0.25) is 0 Å². The largest absolute Gasteiger partial charge is 0.102 e. The first-order valence-electron chi connectivity index (χ1n) is 8.56. The van der Waals surface area contributed by atoms with Gasteiger partial charge in [0.15, 0.2) is 0 Å². The Hall–Kier alpha value is 16.3. The van der Waals surface area contributed by atoms with E-state index in [1.165, 1.54) is 0 Å². The Morgan fingerprint density at radius 2 is 0.211 bits per heavy atom. The molecular weight excluding hydrogens is 1180 g/mol. The molecule has 0 spiro atoms. The highest BCUT2D eigenvalue weighted by molar-refractivity contribution is 9.48. The summed E-state index contributed by atoms with van der Waals surface area (Å²) in [5.41, 5.74) is 0. The molecule has 0 radical (unpaired) electrons. The lowest BCUT2D eigenvalue weighted by atomic mass is 28.4. The van der Waals surface area contributed by atoms with Crippen LogP contribution in [0.2, 0.25) is 0 Å². The first-order chi connectivity index (χ1) is 17.2. The van der Waals surface area contributed by atoms with Crippen LogP contribution in [-0.4, -0.2) is 0 Å². The second-order valence-electron chi connectivity index (χ2n) is 5.95. The van der Waals surface area contributed by atoms with E-state index in [0.29, 0.717) is 0 Å². The lowest BCUT2D eigenvalue weighted by molar-refractivity contribution is 4.39. The van der Waals surface area contributed by atoms with Crippen LogP contribution in [-0.2, 0) is 0 Å². The number of hydrogen-bond acceptors (Lipinski definition) is 0. The van der Waals surface area contributed by atoms with Crippen molar-refractivity contribution >= 4 is 304 Å². The highest BCUT2D eigenvalue weighted by Gasteiger charge is 2.54. The zero-order valence-electron chi connectivity index (χ0n) is 19.6. The van der Waals surface area contributed by atoms with Gasteiger partial charge in [-0.2, -0.15) is 0 Å². The van der Waals surface area contributed by atoms with E-state index in [0.717, 1.165) is 0 Å². The summed E-state index contributed by atoms with van der Waals surface area (Å²) in [6.45, 7) is -1.45. The van der Waals surface area contributed by atoms with Gasteiger partial charge in [0, 0.05) is 0 Å². The Bertz CT molecular complexity index is 478. The van der Waals surface area contributed by atoms with E-state index >= 15 is 0 Å². The lowest BCUT2D eigenvalue weighted by Crippen LogP contribution is -1.67. The fraction of sp³-hybridized carbons (Fsp3) is 0. The average Bonchev–Trinajstić information content (AvgIpc) is 2.67. The third-order valence-corrected chi connectivity index (χ3v) is 258. The quantitative estimate of drug-likeness (QED) is 0.127. The highest BCUT2D eigenvalue weighted by atomic mass is 33.5. The summed E-state index contributed by atoms with van der Waals surface area (Å²) in [4.78, 5) is 0. The van der Waals surface area contributed by atoms with Crippen LogP contribution in [0.5, 0.6) is 0 Å². The normalized spacial score (nSPS) is 14.4. The van der Waals surface area contributed by atoms with Crippen LogP contribution < -0.4 is 0 Å². The maximum Gasteiger partial charge on any atom is -0.000179 e. The first kappa shape index (κ1) is 54.3. The summed E-state index contributed by atoms with van der Waals surface area (Å²) >= 11 is 0. The van der Waals surface area contributed by atoms with Gasteiger partial charge < -0.3 is 0 Å². The molecule has 0 aromatic rings. The van der Waals surface area contributed by atoms with Gasteiger partial charge in [-0.1, -0.05) is 0 Å². The summed E-state index contributed by atoms with van der Waals surface area (Å²) in [7, 11) is 67.4. The van der Waals surface area contributed by atoms with Gasteiger partial charge in [-0.05, 0) is 126 Å². The van der Waals surface area contributed by atoms with Crippen molar-refractivity contribution in [1.29, 1.82) is 0 Å². The van der Waals surface area contributed by atoms with Crippen LogP contribution in [0.25, 0.3) is 0 Å². The van der Waals surface area contributed by atoms with Gasteiger partial charge in [0.2, 0.25) is 0 Å². The standard InChI is InChI=1S/H40P38/c1-21(2)31(22(3)4)36(32(23(5)6)24(7)8)38(35(29(17)18)30(19)20)37(33(25(9)10)26(11)12)34(27(13)14)28(15)16/h1-20H2. The molecule has 0 aliphatic rings. The molecule has 0 bridgehead atoms. The van der Waals surface area contributed by atoms with E-state index in [4.69, 9.17) is 0 Å². The maximum absolute atomic E-state index is 3.39. The van der Waals surface area contributed by atoms with Crippen LogP contribution >= 0.6 is 304 Å². The van der Waals surface area contributed by atoms with Crippen molar-refractivity contribution in [2.24, 2.45) is 0 Å². The summed E-state index contributed by atoms with van der Waals surface area (Å²) in [6.07, 6.45) is 0. The molecule has 0 fully saturated rings. The summed E-state index contributed by atoms with van der Waals surface area (Å²) in [5.74, 6) is 0. The van der Waals surface area contributed by atoms with Crippen LogP contribution in [0, 0.1) is 0 Å². The van der Waals surface area contributed by atoms with Crippen molar-refractivity contribution in [3.63, 3.8) is 0 Å². The third kappa shape index (κ3) is 19.4. The molecule has 0 N–H and O–H groups in total. The predicted molar refractivity (Wildman–Crippen MR) is 319 cm³/mol. The monoisotopic (exact) mass is 1220 g/mol. The van der Waals surface area contributed by atoms with Crippen molar-refractivity contribution in [1.82, 2.24) is 0 Å². The molecular formula is H40P38. The predicted octanol–water partition coefficient (Wildman–Crippen LogP) is 22.0. The molecule has 0 nitrogen and oxygen atoms in total. The zero-order valence-corrected chi connectivity index (χ0v) is 58.8. The molecule has 0 aromatic heterocycles. The number of rotatable bonds is 17. The Labute approximate surface area is 300 Å². The van der Waals surface area contributed by atoms with Gasteiger partial charge in [0.05, 0.1) is 0 Å². The lowest BCUT2D eigenvalue weighted by Gasteiger charge is -2.55. The Kier molecular flexibility index (Phi) is 42.2. The molecule has 0 aromatic carbocycles. The molecule has 0 heterocycles. The van der Waals surface area contributed by atoms with E-state index in [1.807, 2.05) is 0 Å². The molecule has 38 heavy (non-hydrogen) atoms. The summed E-state index contributed by atoms with van der Waals surface area (Å²) in [5, 5.41) is 0. The topological polar surface area (TPSA) is 0 Å².